The van der Waals surface area contributed by atoms with Crippen molar-refractivity contribution in [2.75, 3.05) is 0 Å². The van der Waals surface area contributed by atoms with Crippen LogP contribution in [-0.4, -0.2) is 56.2 Å². The summed E-state index contributed by atoms with van der Waals surface area (Å²) in [4.78, 5) is 58.5. The molecule has 0 spiro atoms. The number of carbonyl (C=O) groups excluding carboxylic acids is 2. The Morgan fingerprint density at radius 1 is 0.545 bits per heavy atom. The van der Waals surface area contributed by atoms with Crippen LogP contribution in [0, 0.1) is 11.8 Å². The first-order chi connectivity index (χ1) is 8.93. The van der Waals surface area contributed by atoms with Crippen molar-refractivity contribution < 1.29 is 119 Å². The van der Waals surface area contributed by atoms with Gasteiger partial charge in [0.15, 0.2) is 11.8 Å². The minimum atomic E-state index is -2.47. The molecule has 0 aliphatic carbocycles. The molecule has 4 N–H and O–H groups in total. The first kappa shape index (κ1) is 28.9. The molecular formula is C8H6Na2O12. The molecule has 0 fully saturated rings. The summed E-state index contributed by atoms with van der Waals surface area (Å²) in [5.41, 5.74) is 0. The summed E-state index contributed by atoms with van der Waals surface area (Å²) in [6.07, 6.45) is 0. The number of aliphatic carboxylic acids is 6. The number of hydrogen-bond donors (Lipinski definition) is 4. The maximum absolute atomic E-state index is 9.78. The minimum Gasteiger partial charge on any atom is -0.549 e. The first-order valence-corrected chi connectivity index (χ1v) is 4.26. The van der Waals surface area contributed by atoms with Gasteiger partial charge < -0.3 is 40.2 Å². The molecule has 0 aromatic heterocycles. The number of carboxylic acids is 6. The van der Waals surface area contributed by atoms with Crippen LogP contribution in [0.25, 0.3) is 0 Å². The van der Waals surface area contributed by atoms with Crippen LogP contribution in [0.4, 0.5) is 0 Å². The second-order valence-corrected chi connectivity index (χ2v) is 2.86. The average molecular weight is 340 g/mol. The van der Waals surface area contributed by atoms with E-state index in [0.717, 1.165) is 0 Å². The van der Waals surface area contributed by atoms with Crippen molar-refractivity contribution in [1.29, 1.82) is 0 Å². The zero-order valence-corrected chi connectivity index (χ0v) is 15.2. The summed E-state index contributed by atoms with van der Waals surface area (Å²) in [6.45, 7) is 0. The normalized spacial score (nSPS) is 8.45. The Morgan fingerprint density at radius 2 is 0.682 bits per heavy atom. The third-order valence-corrected chi connectivity index (χ3v) is 1.46. The summed E-state index contributed by atoms with van der Waals surface area (Å²) in [6, 6.07) is 0. The summed E-state index contributed by atoms with van der Waals surface area (Å²) in [5.74, 6) is -16.9. The Morgan fingerprint density at radius 3 is 0.682 bits per heavy atom. The molecule has 0 saturated heterocycles. The minimum absolute atomic E-state index is 0. The van der Waals surface area contributed by atoms with E-state index >= 15 is 0 Å². The van der Waals surface area contributed by atoms with E-state index in [1.807, 2.05) is 0 Å². The van der Waals surface area contributed by atoms with Gasteiger partial charge in [0.1, 0.15) is 0 Å². The zero-order chi connectivity index (χ0) is 16.6. The largest absolute Gasteiger partial charge is 1.00 e. The van der Waals surface area contributed by atoms with Crippen LogP contribution in [0.3, 0.4) is 0 Å². The fraction of sp³-hybridized carbons (Fsp3) is 0.250. The summed E-state index contributed by atoms with van der Waals surface area (Å²) in [5, 5.41) is 51.1. The van der Waals surface area contributed by atoms with E-state index in [-0.39, 0.29) is 59.1 Å². The maximum Gasteiger partial charge on any atom is 1.00 e. The van der Waals surface area contributed by atoms with Crippen molar-refractivity contribution in [3.63, 3.8) is 0 Å². The molecule has 0 saturated carbocycles. The summed E-state index contributed by atoms with van der Waals surface area (Å²) >= 11 is 0. The monoisotopic (exact) mass is 340 g/mol. The van der Waals surface area contributed by atoms with Crippen molar-refractivity contribution >= 4 is 35.8 Å². The molecule has 0 aliphatic heterocycles. The third-order valence-electron chi connectivity index (χ3n) is 1.46. The van der Waals surface area contributed by atoms with Crippen LogP contribution in [-0.2, 0) is 28.8 Å². The Kier molecular flexibility index (Phi) is 17.7. The summed E-state index contributed by atoms with van der Waals surface area (Å²) in [7, 11) is 0. The van der Waals surface area contributed by atoms with Gasteiger partial charge in [-0.3, -0.25) is 19.2 Å². The maximum atomic E-state index is 9.78. The molecule has 0 atom stereocenters. The van der Waals surface area contributed by atoms with Crippen molar-refractivity contribution in [2.45, 2.75) is 0 Å². The van der Waals surface area contributed by atoms with Gasteiger partial charge in [0.2, 0.25) is 0 Å². The standard InChI is InChI=1S/2C4H4O6.2Na/c2*5-2(6)1(3(7)8)4(9)10;;/h2*1H,(H,5,6)(H,7,8)(H,9,10);;/q;;2*+1/p-2. The molecule has 0 unspecified atom stereocenters. The van der Waals surface area contributed by atoms with E-state index < -0.39 is 47.7 Å². The molecule has 22 heavy (non-hydrogen) atoms. The average Bonchev–Trinajstić information content (AvgIpc) is 2.12. The molecule has 14 heteroatoms. The van der Waals surface area contributed by atoms with E-state index in [9.17, 15) is 39.0 Å². The number of rotatable bonds is 6. The zero-order valence-electron chi connectivity index (χ0n) is 11.2. The van der Waals surface area contributed by atoms with Crippen LogP contribution in [0.1, 0.15) is 0 Å². The van der Waals surface area contributed by atoms with Crippen molar-refractivity contribution in [3.8, 4) is 0 Å². The topological polar surface area (TPSA) is 229 Å². The predicted octanol–water partition coefficient (Wildman–Crippen LogP) is -10.9. The number of carbonyl (C=O) groups is 6. The number of carboxylic acid groups (broad SMARTS) is 6. The molecule has 0 bridgehead atoms. The van der Waals surface area contributed by atoms with Gasteiger partial charge >= 0.3 is 83.0 Å². The Bertz CT molecular complexity index is 349. The van der Waals surface area contributed by atoms with Gasteiger partial charge in [-0.25, -0.2) is 0 Å². The van der Waals surface area contributed by atoms with E-state index in [4.69, 9.17) is 20.4 Å². The van der Waals surface area contributed by atoms with Gasteiger partial charge in [-0.2, -0.15) is 0 Å². The van der Waals surface area contributed by atoms with Gasteiger partial charge in [-0.05, 0) is 0 Å². The fourth-order valence-electron chi connectivity index (χ4n) is 0.615. The van der Waals surface area contributed by atoms with Crippen LogP contribution < -0.4 is 69.3 Å². The van der Waals surface area contributed by atoms with E-state index in [0.29, 0.717) is 0 Å². The van der Waals surface area contributed by atoms with E-state index in [1.165, 1.54) is 0 Å². The van der Waals surface area contributed by atoms with Crippen molar-refractivity contribution in [2.24, 2.45) is 11.8 Å². The fourth-order valence-corrected chi connectivity index (χ4v) is 0.615. The smallest absolute Gasteiger partial charge is 0.549 e. The SMILES string of the molecule is O=C([O-])C(C(=O)O)C(=O)O.O=C([O-])C(C(=O)O)C(=O)O.[Na+].[Na+]. The molecule has 112 valence electrons. The Labute approximate surface area is 165 Å². The second kappa shape index (κ2) is 13.5. The third kappa shape index (κ3) is 11.5. The van der Waals surface area contributed by atoms with Gasteiger partial charge in [0, 0.05) is 0 Å². The first-order valence-electron chi connectivity index (χ1n) is 4.26. The van der Waals surface area contributed by atoms with Gasteiger partial charge in [0.05, 0.1) is 11.9 Å². The predicted molar refractivity (Wildman–Crippen MR) is 47.5 cm³/mol. The molecule has 0 amide bonds. The number of hydrogen-bond acceptors (Lipinski definition) is 8. The second-order valence-electron chi connectivity index (χ2n) is 2.86. The van der Waals surface area contributed by atoms with Crippen molar-refractivity contribution in [1.82, 2.24) is 0 Å². The molecule has 0 aromatic rings. The molecule has 0 aromatic carbocycles. The molecule has 0 aliphatic rings. The Balaban J connectivity index is -0.000000135. The van der Waals surface area contributed by atoms with Gasteiger partial charge in [-0.1, -0.05) is 0 Å². The van der Waals surface area contributed by atoms with Gasteiger partial charge in [-0.15, -0.1) is 0 Å². The molecule has 0 rings (SSSR count). The van der Waals surface area contributed by atoms with Gasteiger partial charge in [0.25, 0.3) is 0 Å². The molecule has 0 radical (unpaired) electrons. The molecular weight excluding hydrogens is 334 g/mol. The molecule has 0 heterocycles. The van der Waals surface area contributed by atoms with Crippen LogP contribution in [0.2, 0.25) is 0 Å². The summed E-state index contributed by atoms with van der Waals surface area (Å²) < 4.78 is 0. The quantitative estimate of drug-likeness (QED) is 0.261. The van der Waals surface area contributed by atoms with Crippen LogP contribution in [0.5, 0.6) is 0 Å². The molecule has 12 nitrogen and oxygen atoms in total. The van der Waals surface area contributed by atoms with Crippen molar-refractivity contribution in [3.05, 3.63) is 0 Å². The van der Waals surface area contributed by atoms with E-state index in [1.54, 1.807) is 0 Å². The van der Waals surface area contributed by atoms with Crippen LogP contribution >= 0.6 is 0 Å². The van der Waals surface area contributed by atoms with E-state index in [2.05, 4.69) is 0 Å². The Hall–Kier alpha value is -1.18. The van der Waals surface area contributed by atoms with Crippen LogP contribution in [0.15, 0.2) is 0 Å².